The maximum Gasteiger partial charge on any atom is 0.319 e. The lowest BCUT2D eigenvalue weighted by Gasteiger charge is -2.25. The van der Waals surface area contributed by atoms with Crippen LogP contribution >= 0.6 is 19.2 Å². The van der Waals surface area contributed by atoms with E-state index in [9.17, 15) is 9.46 Å². The molecule has 2 aromatic carbocycles. The minimum absolute atomic E-state index is 0.0852. The maximum atomic E-state index is 12.6. The van der Waals surface area contributed by atoms with Crippen molar-refractivity contribution in [1.29, 1.82) is 0 Å². The third-order valence-electron chi connectivity index (χ3n) is 6.98. The highest BCUT2D eigenvalue weighted by Crippen LogP contribution is 2.40. The number of hydrogen-bond donors (Lipinski definition) is 0. The molecule has 3 aromatic rings. The van der Waals surface area contributed by atoms with Crippen LogP contribution in [0.2, 0.25) is 0 Å². The van der Waals surface area contributed by atoms with Crippen molar-refractivity contribution in [2.24, 2.45) is 0 Å². The van der Waals surface area contributed by atoms with Crippen LogP contribution in [0.1, 0.15) is 81.6 Å². The molecule has 0 spiro atoms. The Hall–Kier alpha value is -2.42. The Morgan fingerprint density at radius 1 is 0.884 bits per heavy atom. The molecule has 0 aliphatic carbocycles. The number of hydrogen-bond acceptors (Lipinski definition) is 8. The summed E-state index contributed by atoms with van der Waals surface area (Å²) in [7, 11) is -3.15. The van der Waals surface area contributed by atoms with Gasteiger partial charge >= 0.3 is 7.82 Å². The number of benzene rings is 2. The van der Waals surface area contributed by atoms with E-state index in [-0.39, 0.29) is 19.0 Å². The Balaban J connectivity index is 1.37. The summed E-state index contributed by atoms with van der Waals surface area (Å²) in [5, 5.41) is 0. The first kappa shape index (κ1) is 35.1. The van der Waals surface area contributed by atoms with Crippen LogP contribution in [0.4, 0.5) is 0 Å². The minimum atomic E-state index is -4.64. The molecule has 1 aromatic heterocycles. The average molecular weight is 634 g/mol. The fraction of sp³-hybridized carbons (Fsp3) is 0.545. The summed E-state index contributed by atoms with van der Waals surface area (Å²) in [4.78, 5) is 13.8. The van der Waals surface area contributed by atoms with Gasteiger partial charge in [0.05, 0.1) is 18.1 Å². The van der Waals surface area contributed by atoms with Crippen molar-refractivity contribution in [3.63, 3.8) is 0 Å². The van der Waals surface area contributed by atoms with Crippen LogP contribution in [0.3, 0.4) is 0 Å². The first-order valence-corrected chi connectivity index (χ1v) is 17.8. The highest BCUT2D eigenvalue weighted by Gasteiger charge is 2.18. The smallest absolute Gasteiger partial charge is 0.319 e. The summed E-state index contributed by atoms with van der Waals surface area (Å²) in [5.74, 6) is 1.43. The van der Waals surface area contributed by atoms with Crippen LogP contribution < -0.4 is 23.5 Å². The van der Waals surface area contributed by atoms with Gasteiger partial charge in [0.1, 0.15) is 18.5 Å². The van der Waals surface area contributed by atoms with Gasteiger partial charge in [0.25, 0.3) is 0 Å². The van der Waals surface area contributed by atoms with Crippen molar-refractivity contribution >= 4 is 19.2 Å². The molecule has 0 aliphatic heterocycles. The van der Waals surface area contributed by atoms with E-state index >= 15 is 0 Å². The summed E-state index contributed by atoms with van der Waals surface area (Å²) in [6, 6.07) is 14.4. The fourth-order valence-electron chi connectivity index (χ4n) is 4.60. The average Bonchev–Trinajstić information content (AvgIpc) is 3.40. The molecule has 0 saturated carbocycles. The van der Waals surface area contributed by atoms with Gasteiger partial charge in [0, 0.05) is 12.7 Å². The number of unbranched alkanes of at least 4 members (excludes halogenated alkanes) is 9. The fourth-order valence-corrected chi connectivity index (χ4v) is 6.00. The summed E-state index contributed by atoms with van der Waals surface area (Å²) in [5.41, 5.74) is 2.93. The number of rotatable bonds is 23. The van der Waals surface area contributed by atoms with Gasteiger partial charge < -0.3 is 28.2 Å². The predicted molar refractivity (Wildman–Crippen MR) is 169 cm³/mol. The van der Waals surface area contributed by atoms with Gasteiger partial charge in [-0.1, -0.05) is 100 Å². The number of nitrogens with zero attached hydrogens (tertiary/aromatic N) is 1. The van der Waals surface area contributed by atoms with Gasteiger partial charge in [-0.05, 0) is 37.6 Å². The molecular weight excluding hydrogens is 585 g/mol. The van der Waals surface area contributed by atoms with Crippen LogP contribution in [0.5, 0.6) is 17.2 Å². The quantitative estimate of drug-likeness (QED) is 0.0602. The monoisotopic (exact) mass is 633 g/mol. The summed E-state index contributed by atoms with van der Waals surface area (Å²) >= 11 is 1.65. The largest absolute Gasteiger partial charge is 0.746 e. The van der Waals surface area contributed by atoms with Crippen molar-refractivity contribution in [3.05, 3.63) is 70.7 Å². The van der Waals surface area contributed by atoms with Gasteiger partial charge in [-0.2, -0.15) is 4.57 Å². The van der Waals surface area contributed by atoms with E-state index in [0.717, 1.165) is 18.4 Å². The molecule has 43 heavy (non-hydrogen) atoms. The molecule has 0 radical (unpaired) electrons. The van der Waals surface area contributed by atoms with Crippen LogP contribution in [-0.2, 0) is 20.4 Å². The lowest BCUT2D eigenvalue weighted by molar-refractivity contribution is -0.683. The molecule has 3 rings (SSSR count). The molecule has 0 fully saturated rings. The molecule has 0 bridgehead atoms. The third-order valence-corrected chi connectivity index (χ3v) is 8.74. The SMILES string of the molecule is CCCCCCCCCCCCOc1ccccc1OCC(COP(=O)([O-])Oc1cccc(C[n+]2csc(C)c2)c1)OC. The van der Waals surface area contributed by atoms with Gasteiger partial charge in [-0.3, -0.25) is 4.57 Å². The van der Waals surface area contributed by atoms with E-state index in [1.807, 2.05) is 53.5 Å². The van der Waals surface area contributed by atoms with Crippen molar-refractivity contribution in [2.75, 3.05) is 26.9 Å². The Labute approximate surface area is 261 Å². The first-order valence-electron chi connectivity index (χ1n) is 15.4. The molecule has 0 N–H and O–H groups in total. The first-order chi connectivity index (χ1) is 20.9. The van der Waals surface area contributed by atoms with Crippen LogP contribution in [-0.4, -0.2) is 33.0 Å². The normalized spacial score (nSPS) is 13.4. The lowest BCUT2D eigenvalue weighted by atomic mass is 10.1. The number of methoxy groups -OCH3 is 1. The van der Waals surface area contributed by atoms with Crippen molar-refractivity contribution < 1.29 is 37.3 Å². The summed E-state index contributed by atoms with van der Waals surface area (Å²) in [6.45, 7) is 5.36. The standard InChI is InChI=1S/C33H48NO7PS/c1-4-5-6-7-8-9-10-11-12-15-21-38-32-19-13-14-20-33(32)39-25-31(37-3)26-40-42(35,36)41-30-18-16-17-29(22-30)24-34-23-28(2)43-27-34/h13-14,16-20,22-23,27,31H,4-12,15,21,24-26H2,1-3H3. The van der Waals surface area contributed by atoms with E-state index in [0.29, 0.717) is 24.7 Å². The molecular formula is C33H48NO7PS. The van der Waals surface area contributed by atoms with Gasteiger partial charge in [-0.25, -0.2) is 0 Å². The maximum absolute atomic E-state index is 12.6. The molecule has 2 unspecified atom stereocenters. The van der Waals surface area contributed by atoms with Crippen molar-refractivity contribution in [2.45, 2.75) is 90.7 Å². The number of para-hydroxylation sites is 2. The number of phosphoric acid groups is 1. The highest BCUT2D eigenvalue weighted by atomic mass is 32.1. The van der Waals surface area contributed by atoms with E-state index in [2.05, 4.69) is 6.92 Å². The second-order valence-corrected chi connectivity index (χ2v) is 13.2. The van der Waals surface area contributed by atoms with Crippen LogP contribution in [0, 0.1) is 6.92 Å². The second kappa shape index (κ2) is 19.8. The zero-order chi connectivity index (χ0) is 30.8. The van der Waals surface area contributed by atoms with Gasteiger partial charge in [-0.15, -0.1) is 0 Å². The van der Waals surface area contributed by atoms with E-state index in [1.165, 1.54) is 63.4 Å². The minimum Gasteiger partial charge on any atom is -0.746 e. The Kier molecular flexibility index (Phi) is 16.1. The van der Waals surface area contributed by atoms with E-state index in [4.69, 9.17) is 23.3 Å². The number of aryl methyl sites for hydroxylation is 1. The predicted octanol–water partition coefficient (Wildman–Crippen LogP) is 7.65. The van der Waals surface area contributed by atoms with E-state index < -0.39 is 13.9 Å². The zero-order valence-corrected chi connectivity index (χ0v) is 27.6. The summed E-state index contributed by atoms with van der Waals surface area (Å²) in [6.07, 6.45) is 14.1. The molecule has 0 saturated heterocycles. The Bertz CT molecular complexity index is 1240. The highest BCUT2D eigenvalue weighted by molar-refractivity contribution is 7.46. The topological polar surface area (TPSA) is 90.2 Å². The van der Waals surface area contributed by atoms with Crippen LogP contribution in [0.25, 0.3) is 0 Å². The molecule has 0 aliphatic rings. The number of thiazole rings is 1. The second-order valence-electron chi connectivity index (χ2n) is 10.8. The van der Waals surface area contributed by atoms with Crippen molar-refractivity contribution in [1.82, 2.24) is 0 Å². The number of ether oxygens (including phenoxy) is 3. The molecule has 1 heterocycles. The Morgan fingerprint density at radius 3 is 2.21 bits per heavy atom. The van der Waals surface area contributed by atoms with Crippen molar-refractivity contribution in [3.8, 4) is 17.2 Å². The molecule has 8 nitrogen and oxygen atoms in total. The molecule has 238 valence electrons. The van der Waals surface area contributed by atoms with Gasteiger partial charge in [0.2, 0.25) is 5.51 Å². The number of aromatic nitrogens is 1. The number of phosphoric ester groups is 1. The molecule has 10 heteroatoms. The van der Waals surface area contributed by atoms with E-state index in [1.54, 1.807) is 29.5 Å². The molecule has 0 amide bonds. The zero-order valence-electron chi connectivity index (χ0n) is 25.9. The summed E-state index contributed by atoms with van der Waals surface area (Å²) < 4.78 is 42.3. The van der Waals surface area contributed by atoms with Gasteiger partial charge in [0.15, 0.2) is 24.2 Å². The van der Waals surface area contributed by atoms with Crippen LogP contribution in [0.15, 0.2) is 60.2 Å². The molecule has 2 atom stereocenters. The Morgan fingerprint density at radius 2 is 1.56 bits per heavy atom. The third kappa shape index (κ3) is 14.3. The lowest BCUT2D eigenvalue weighted by Crippen LogP contribution is -2.30.